The van der Waals surface area contributed by atoms with Gasteiger partial charge in [0.25, 0.3) is 5.91 Å². The number of aliphatic carboxylic acids is 1. The predicted molar refractivity (Wildman–Crippen MR) is 70.3 cm³/mol. The van der Waals surface area contributed by atoms with Crippen molar-refractivity contribution in [1.82, 2.24) is 0 Å². The van der Waals surface area contributed by atoms with E-state index in [1.165, 1.54) is 11.3 Å². The average Bonchev–Trinajstić information content (AvgIpc) is 2.85. The highest BCUT2D eigenvalue weighted by Gasteiger charge is 2.25. The highest BCUT2D eigenvalue weighted by molar-refractivity contribution is 7.17. The fraction of sp³-hybridized carbons (Fsp3) is 0.250. The van der Waals surface area contributed by atoms with Crippen LogP contribution in [0.5, 0.6) is 0 Å². The molecular weight excluding hydrogens is 268 g/mol. The van der Waals surface area contributed by atoms with Gasteiger partial charge in [-0.3, -0.25) is 9.59 Å². The molecule has 0 radical (unpaired) electrons. The SMILES string of the molecule is NC(=O)c1c(NC(=O)C=CC(=O)O)sc2c1CCC2. The smallest absolute Gasteiger partial charge is 0.328 e. The lowest BCUT2D eigenvalue weighted by atomic mass is 10.1. The molecule has 2 amide bonds. The van der Waals surface area contributed by atoms with Crippen molar-refractivity contribution in [2.45, 2.75) is 19.3 Å². The van der Waals surface area contributed by atoms with Crippen LogP contribution < -0.4 is 11.1 Å². The Labute approximate surface area is 112 Å². The van der Waals surface area contributed by atoms with Crippen molar-refractivity contribution in [1.29, 1.82) is 0 Å². The minimum absolute atomic E-state index is 0.356. The van der Waals surface area contributed by atoms with Gasteiger partial charge in [-0.1, -0.05) is 0 Å². The molecule has 0 unspecified atom stereocenters. The number of carboxylic acids is 1. The molecule has 0 saturated heterocycles. The van der Waals surface area contributed by atoms with Crippen molar-refractivity contribution in [3.05, 3.63) is 28.2 Å². The summed E-state index contributed by atoms with van der Waals surface area (Å²) in [4.78, 5) is 34.3. The number of nitrogens with one attached hydrogen (secondary N) is 1. The Morgan fingerprint density at radius 3 is 2.63 bits per heavy atom. The van der Waals surface area contributed by atoms with E-state index in [1.807, 2.05) is 0 Å². The van der Waals surface area contributed by atoms with E-state index in [0.717, 1.165) is 41.9 Å². The van der Waals surface area contributed by atoms with Crippen molar-refractivity contribution in [2.24, 2.45) is 5.73 Å². The van der Waals surface area contributed by atoms with Crippen LogP contribution in [0.15, 0.2) is 12.2 Å². The van der Waals surface area contributed by atoms with Gasteiger partial charge in [-0.2, -0.15) is 0 Å². The maximum atomic E-state index is 11.5. The molecule has 1 aromatic heterocycles. The lowest BCUT2D eigenvalue weighted by Crippen LogP contribution is -2.16. The maximum Gasteiger partial charge on any atom is 0.328 e. The number of thiophene rings is 1. The average molecular weight is 280 g/mol. The van der Waals surface area contributed by atoms with E-state index >= 15 is 0 Å². The maximum absolute atomic E-state index is 11.5. The summed E-state index contributed by atoms with van der Waals surface area (Å²) in [5.74, 6) is -2.37. The summed E-state index contributed by atoms with van der Waals surface area (Å²) in [7, 11) is 0. The normalized spacial score (nSPS) is 13.5. The second-order valence-electron chi connectivity index (χ2n) is 4.09. The van der Waals surface area contributed by atoms with Gasteiger partial charge in [-0.05, 0) is 24.8 Å². The summed E-state index contributed by atoms with van der Waals surface area (Å²) in [6.07, 6.45) is 4.28. The zero-order valence-corrected chi connectivity index (χ0v) is 10.8. The Balaban J connectivity index is 2.24. The number of carbonyl (C=O) groups is 3. The largest absolute Gasteiger partial charge is 0.478 e. The third-order valence-electron chi connectivity index (χ3n) is 2.78. The first-order chi connectivity index (χ1) is 8.99. The van der Waals surface area contributed by atoms with Gasteiger partial charge in [0.15, 0.2) is 0 Å². The van der Waals surface area contributed by atoms with Gasteiger partial charge in [0.1, 0.15) is 5.00 Å². The van der Waals surface area contributed by atoms with Gasteiger partial charge >= 0.3 is 5.97 Å². The van der Waals surface area contributed by atoms with Crippen LogP contribution >= 0.6 is 11.3 Å². The number of carboxylic acid groups (broad SMARTS) is 1. The van der Waals surface area contributed by atoms with Crippen molar-refractivity contribution in [3.63, 3.8) is 0 Å². The second-order valence-corrected chi connectivity index (χ2v) is 5.19. The van der Waals surface area contributed by atoms with Crippen molar-refractivity contribution in [2.75, 3.05) is 5.32 Å². The molecule has 0 saturated carbocycles. The number of fused-ring (bicyclic) bond motifs is 1. The first-order valence-corrected chi connectivity index (χ1v) is 6.47. The molecule has 1 aliphatic rings. The summed E-state index contributed by atoms with van der Waals surface area (Å²) in [5, 5.41) is 11.3. The van der Waals surface area contributed by atoms with Gasteiger partial charge in [-0.25, -0.2) is 4.79 Å². The van der Waals surface area contributed by atoms with Gasteiger partial charge in [0, 0.05) is 17.0 Å². The molecule has 6 nitrogen and oxygen atoms in total. The zero-order valence-electron chi connectivity index (χ0n) is 9.93. The van der Waals surface area contributed by atoms with Crippen molar-refractivity contribution >= 4 is 34.1 Å². The van der Waals surface area contributed by atoms with Crippen LogP contribution in [-0.2, 0) is 22.4 Å². The van der Waals surface area contributed by atoms with E-state index in [4.69, 9.17) is 10.8 Å². The molecule has 7 heteroatoms. The van der Waals surface area contributed by atoms with E-state index in [2.05, 4.69) is 5.32 Å². The molecule has 0 bridgehead atoms. The third kappa shape index (κ3) is 2.82. The number of carbonyl (C=O) groups excluding carboxylic acids is 2. The monoisotopic (exact) mass is 280 g/mol. The van der Waals surface area contributed by atoms with Crippen molar-refractivity contribution < 1.29 is 19.5 Å². The first-order valence-electron chi connectivity index (χ1n) is 5.65. The molecule has 1 aliphatic carbocycles. The molecule has 1 aromatic rings. The highest BCUT2D eigenvalue weighted by atomic mass is 32.1. The van der Waals surface area contributed by atoms with Crippen LogP contribution in [0.1, 0.15) is 27.2 Å². The van der Waals surface area contributed by atoms with E-state index in [1.54, 1.807) is 0 Å². The number of hydrogen-bond donors (Lipinski definition) is 3. The Bertz CT molecular complexity index is 589. The molecule has 4 N–H and O–H groups in total. The van der Waals surface area contributed by atoms with Gasteiger partial charge in [0.05, 0.1) is 5.56 Å². The van der Waals surface area contributed by atoms with E-state index in [0.29, 0.717) is 10.6 Å². The number of nitrogens with two attached hydrogens (primary N) is 1. The number of anilines is 1. The summed E-state index contributed by atoms with van der Waals surface area (Å²) >= 11 is 1.33. The number of hydrogen-bond acceptors (Lipinski definition) is 4. The third-order valence-corrected chi connectivity index (χ3v) is 3.99. The molecule has 19 heavy (non-hydrogen) atoms. The topological polar surface area (TPSA) is 109 Å². The minimum atomic E-state index is -1.21. The van der Waals surface area contributed by atoms with E-state index in [9.17, 15) is 14.4 Å². The molecule has 0 atom stereocenters. The fourth-order valence-electron chi connectivity index (χ4n) is 2.05. The number of aryl methyl sites for hydroxylation is 1. The summed E-state index contributed by atoms with van der Waals surface area (Å²) in [5.41, 5.74) is 6.60. The molecule has 100 valence electrons. The van der Waals surface area contributed by atoms with Gasteiger partial charge in [-0.15, -0.1) is 11.3 Å². The fourth-order valence-corrected chi connectivity index (χ4v) is 3.35. The standard InChI is InChI=1S/C12H12N2O4S/c13-11(18)10-6-2-1-3-7(6)19-12(10)14-8(15)4-5-9(16)17/h4-5H,1-3H2,(H2,13,18)(H,14,15)(H,16,17). The van der Waals surface area contributed by atoms with E-state index < -0.39 is 17.8 Å². The van der Waals surface area contributed by atoms with Crippen LogP contribution in [0.4, 0.5) is 5.00 Å². The molecule has 0 aliphatic heterocycles. The van der Waals surface area contributed by atoms with E-state index in [-0.39, 0.29) is 0 Å². The Morgan fingerprint density at radius 2 is 2.00 bits per heavy atom. The van der Waals surface area contributed by atoms with Gasteiger partial charge < -0.3 is 16.2 Å². The number of amides is 2. The predicted octanol–water partition coefficient (Wildman–Crippen LogP) is 0.915. The molecule has 2 rings (SSSR count). The number of rotatable bonds is 4. The molecular formula is C12H12N2O4S. The summed E-state index contributed by atoms with van der Waals surface area (Å²) < 4.78 is 0. The van der Waals surface area contributed by atoms with Crippen LogP contribution in [0.25, 0.3) is 0 Å². The quantitative estimate of drug-likeness (QED) is 0.712. The molecule has 0 fully saturated rings. The van der Waals surface area contributed by atoms with Crippen LogP contribution in [0, 0.1) is 0 Å². The minimum Gasteiger partial charge on any atom is -0.478 e. The zero-order chi connectivity index (χ0) is 14.0. The second kappa shape index (κ2) is 5.23. The van der Waals surface area contributed by atoms with Crippen LogP contribution in [-0.4, -0.2) is 22.9 Å². The Morgan fingerprint density at radius 1 is 1.26 bits per heavy atom. The van der Waals surface area contributed by atoms with Crippen molar-refractivity contribution in [3.8, 4) is 0 Å². The number of primary amides is 1. The molecule has 0 aromatic carbocycles. The first kappa shape index (κ1) is 13.3. The van der Waals surface area contributed by atoms with Crippen LogP contribution in [0.2, 0.25) is 0 Å². The Kier molecular flexibility index (Phi) is 3.66. The summed E-state index contributed by atoms with van der Waals surface area (Å²) in [6.45, 7) is 0. The highest BCUT2D eigenvalue weighted by Crippen LogP contribution is 2.38. The lowest BCUT2D eigenvalue weighted by Gasteiger charge is -2.03. The summed E-state index contributed by atoms with van der Waals surface area (Å²) in [6, 6.07) is 0. The van der Waals surface area contributed by atoms with Crippen LogP contribution in [0.3, 0.4) is 0 Å². The van der Waals surface area contributed by atoms with Gasteiger partial charge in [0.2, 0.25) is 5.91 Å². The Hall–Kier alpha value is -2.15. The molecule has 0 spiro atoms. The lowest BCUT2D eigenvalue weighted by molar-refractivity contribution is -0.131. The molecule has 1 heterocycles.